The molecule has 30 heavy (non-hydrogen) atoms. The Hall–Kier alpha value is -2.65. The molecule has 1 saturated heterocycles. The van der Waals surface area contributed by atoms with Crippen molar-refractivity contribution in [3.05, 3.63) is 34.6 Å². The number of amides is 2. The number of anilines is 2. The lowest BCUT2D eigenvalue weighted by atomic mass is 10.2. The Kier molecular flexibility index (Phi) is 7.28. The highest BCUT2D eigenvalue weighted by Gasteiger charge is 2.24. The van der Waals surface area contributed by atoms with Crippen molar-refractivity contribution in [3.8, 4) is 5.88 Å². The summed E-state index contributed by atoms with van der Waals surface area (Å²) >= 11 is 6.09. The first-order chi connectivity index (χ1) is 14.4. The van der Waals surface area contributed by atoms with E-state index in [1.165, 1.54) is 6.20 Å². The Balaban J connectivity index is 1.56. The van der Waals surface area contributed by atoms with Gasteiger partial charge in [0.1, 0.15) is 5.02 Å². The summed E-state index contributed by atoms with van der Waals surface area (Å²) in [4.78, 5) is 18.5. The molecule has 162 valence electrons. The highest BCUT2D eigenvalue weighted by atomic mass is 35.5. The second-order valence-corrected chi connectivity index (χ2v) is 7.66. The molecule has 2 N–H and O–H groups in total. The standard InChI is InChI=1S/C20H27ClN6O3/c1-5-29-19-17(21)7-15(8-22-19)24-20(28)23-9-16-6-12(2)18(26-25-16)27-10-13(3)30-14(4)11-27/h6-8,13-14H,5,9-11H2,1-4H3,(H2,23,24,28). The lowest BCUT2D eigenvalue weighted by Gasteiger charge is -2.36. The highest BCUT2D eigenvalue weighted by Crippen LogP contribution is 2.25. The summed E-state index contributed by atoms with van der Waals surface area (Å²) in [5, 5.41) is 14.4. The fraction of sp³-hybridized carbons (Fsp3) is 0.500. The van der Waals surface area contributed by atoms with Crippen LogP contribution in [0.5, 0.6) is 5.88 Å². The van der Waals surface area contributed by atoms with Crippen molar-refractivity contribution in [1.29, 1.82) is 0 Å². The van der Waals surface area contributed by atoms with E-state index in [-0.39, 0.29) is 18.8 Å². The van der Waals surface area contributed by atoms with Crippen LogP contribution in [-0.4, -0.2) is 53.1 Å². The number of aryl methyl sites for hydroxylation is 1. The number of ether oxygens (including phenoxy) is 2. The molecule has 1 aliphatic heterocycles. The second-order valence-electron chi connectivity index (χ2n) is 7.26. The Morgan fingerprint density at radius 2 is 2.03 bits per heavy atom. The molecule has 3 rings (SSSR count). The molecule has 0 aromatic carbocycles. The predicted molar refractivity (Wildman–Crippen MR) is 115 cm³/mol. The van der Waals surface area contributed by atoms with Crippen LogP contribution in [0.4, 0.5) is 16.3 Å². The largest absolute Gasteiger partial charge is 0.477 e. The average Bonchev–Trinajstić information content (AvgIpc) is 2.68. The first-order valence-corrected chi connectivity index (χ1v) is 10.3. The van der Waals surface area contributed by atoms with Gasteiger partial charge in [-0.05, 0) is 45.4 Å². The third kappa shape index (κ3) is 5.70. The number of morpholine rings is 1. The SMILES string of the molecule is CCOc1ncc(NC(=O)NCc2cc(C)c(N3CC(C)OC(C)C3)nn2)cc1Cl. The van der Waals surface area contributed by atoms with Gasteiger partial charge in [-0.3, -0.25) is 0 Å². The molecule has 1 fully saturated rings. The molecule has 0 bridgehead atoms. The number of nitrogens with one attached hydrogen (secondary N) is 2. The normalized spacial score (nSPS) is 18.8. The zero-order valence-electron chi connectivity index (χ0n) is 17.6. The zero-order valence-corrected chi connectivity index (χ0v) is 18.4. The maximum absolute atomic E-state index is 12.2. The van der Waals surface area contributed by atoms with Crippen LogP contribution in [0.15, 0.2) is 18.3 Å². The summed E-state index contributed by atoms with van der Waals surface area (Å²) in [6, 6.07) is 3.13. The van der Waals surface area contributed by atoms with Crippen molar-refractivity contribution in [2.75, 3.05) is 29.9 Å². The van der Waals surface area contributed by atoms with Crippen molar-refractivity contribution in [3.63, 3.8) is 0 Å². The summed E-state index contributed by atoms with van der Waals surface area (Å²) in [6.07, 6.45) is 1.77. The van der Waals surface area contributed by atoms with E-state index in [9.17, 15) is 4.79 Å². The summed E-state index contributed by atoms with van der Waals surface area (Å²) in [7, 11) is 0. The van der Waals surface area contributed by atoms with Crippen molar-refractivity contribution in [2.45, 2.75) is 46.4 Å². The third-order valence-electron chi connectivity index (χ3n) is 4.50. The topological polar surface area (TPSA) is 102 Å². The highest BCUT2D eigenvalue weighted by molar-refractivity contribution is 6.32. The van der Waals surface area contributed by atoms with E-state index in [0.29, 0.717) is 28.9 Å². The zero-order chi connectivity index (χ0) is 21.7. The number of carbonyl (C=O) groups excluding carboxylic acids is 1. The van der Waals surface area contributed by atoms with E-state index in [2.05, 4.69) is 44.6 Å². The quantitative estimate of drug-likeness (QED) is 0.719. The maximum atomic E-state index is 12.2. The maximum Gasteiger partial charge on any atom is 0.319 e. The molecule has 2 unspecified atom stereocenters. The van der Waals surface area contributed by atoms with E-state index < -0.39 is 6.03 Å². The predicted octanol–water partition coefficient (Wildman–Crippen LogP) is 3.17. The van der Waals surface area contributed by atoms with Crippen LogP contribution in [0.2, 0.25) is 5.02 Å². The Labute approximate surface area is 181 Å². The molecule has 1 aliphatic rings. The van der Waals surface area contributed by atoms with Crippen molar-refractivity contribution in [1.82, 2.24) is 20.5 Å². The molecule has 2 aromatic heterocycles. The fourth-order valence-electron chi connectivity index (χ4n) is 3.37. The molecule has 10 heteroatoms. The smallest absolute Gasteiger partial charge is 0.319 e. The minimum atomic E-state index is -0.392. The molecule has 3 heterocycles. The fourth-order valence-corrected chi connectivity index (χ4v) is 3.59. The number of aromatic nitrogens is 3. The minimum absolute atomic E-state index is 0.144. The van der Waals surface area contributed by atoms with Gasteiger partial charge < -0.3 is 25.0 Å². The molecule has 9 nitrogen and oxygen atoms in total. The van der Waals surface area contributed by atoms with Crippen LogP contribution in [0.3, 0.4) is 0 Å². The monoisotopic (exact) mass is 434 g/mol. The number of urea groups is 1. The summed E-state index contributed by atoms with van der Waals surface area (Å²) in [6.45, 7) is 10.2. The Morgan fingerprint density at radius 1 is 1.30 bits per heavy atom. The number of halogens is 1. The first kappa shape index (κ1) is 22.0. The molecule has 2 aromatic rings. The summed E-state index contributed by atoms with van der Waals surface area (Å²) < 4.78 is 11.1. The number of hydrogen-bond donors (Lipinski definition) is 2. The van der Waals surface area contributed by atoms with Gasteiger partial charge in [0.15, 0.2) is 5.82 Å². The lowest BCUT2D eigenvalue weighted by molar-refractivity contribution is -0.00554. The Morgan fingerprint density at radius 3 is 2.67 bits per heavy atom. The van der Waals surface area contributed by atoms with E-state index in [1.807, 2.05) is 19.9 Å². The van der Waals surface area contributed by atoms with Crippen LogP contribution in [-0.2, 0) is 11.3 Å². The minimum Gasteiger partial charge on any atom is -0.477 e. The van der Waals surface area contributed by atoms with Gasteiger partial charge in [-0.1, -0.05) is 11.6 Å². The second kappa shape index (κ2) is 9.90. The molecule has 2 atom stereocenters. The molecular weight excluding hydrogens is 408 g/mol. The van der Waals surface area contributed by atoms with Crippen LogP contribution in [0.1, 0.15) is 32.0 Å². The van der Waals surface area contributed by atoms with Gasteiger partial charge >= 0.3 is 6.03 Å². The van der Waals surface area contributed by atoms with Gasteiger partial charge in [0, 0.05) is 13.1 Å². The number of rotatable bonds is 6. The van der Waals surface area contributed by atoms with Crippen molar-refractivity contribution < 1.29 is 14.3 Å². The lowest BCUT2D eigenvalue weighted by Crippen LogP contribution is -2.46. The van der Waals surface area contributed by atoms with Crippen molar-refractivity contribution >= 4 is 29.1 Å². The number of carbonyl (C=O) groups is 1. The van der Waals surface area contributed by atoms with Gasteiger partial charge in [-0.2, -0.15) is 5.10 Å². The van der Waals surface area contributed by atoms with E-state index >= 15 is 0 Å². The van der Waals surface area contributed by atoms with E-state index in [4.69, 9.17) is 21.1 Å². The molecule has 0 aliphatic carbocycles. The number of nitrogens with zero attached hydrogens (tertiary/aromatic N) is 4. The molecule has 0 saturated carbocycles. The van der Waals surface area contributed by atoms with Gasteiger partial charge in [0.25, 0.3) is 0 Å². The van der Waals surface area contributed by atoms with Gasteiger partial charge in [-0.25, -0.2) is 9.78 Å². The van der Waals surface area contributed by atoms with Crippen LogP contribution < -0.4 is 20.3 Å². The van der Waals surface area contributed by atoms with Crippen LogP contribution >= 0.6 is 11.6 Å². The molecular formula is C20H27ClN6O3. The van der Waals surface area contributed by atoms with Gasteiger partial charge in [-0.15, -0.1) is 5.10 Å². The van der Waals surface area contributed by atoms with Gasteiger partial charge in [0.2, 0.25) is 5.88 Å². The van der Waals surface area contributed by atoms with Crippen LogP contribution in [0.25, 0.3) is 0 Å². The molecule has 0 radical (unpaired) electrons. The van der Waals surface area contributed by atoms with E-state index in [0.717, 1.165) is 24.5 Å². The first-order valence-electron chi connectivity index (χ1n) is 9.92. The van der Waals surface area contributed by atoms with E-state index in [1.54, 1.807) is 6.07 Å². The van der Waals surface area contributed by atoms with Crippen molar-refractivity contribution in [2.24, 2.45) is 0 Å². The van der Waals surface area contributed by atoms with Gasteiger partial charge in [0.05, 0.1) is 42.9 Å². The molecule has 0 spiro atoms. The number of pyridine rings is 1. The summed E-state index contributed by atoms with van der Waals surface area (Å²) in [5.74, 6) is 1.18. The number of hydrogen-bond acceptors (Lipinski definition) is 7. The Bertz CT molecular complexity index is 887. The average molecular weight is 435 g/mol. The van der Waals surface area contributed by atoms with Crippen LogP contribution in [0, 0.1) is 6.92 Å². The third-order valence-corrected chi connectivity index (χ3v) is 4.78. The summed E-state index contributed by atoms with van der Waals surface area (Å²) in [5.41, 5.74) is 2.14. The molecule has 2 amide bonds.